The van der Waals surface area contributed by atoms with E-state index in [0.29, 0.717) is 0 Å². The Kier molecular flexibility index (Phi) is 5.42. The van der Waals surface area contributed by atoms with E-state index in [1.54, 1.807) is 11.3 Å². The summed E-state index contributed by atoms with van der Waals surface area (Å²) in [6, 6.07) is 4.17. The molecular formula is C14H21BrN2OS. The van der Waals surface area contributed by atoms with Gasteiger partial charge in [0.2, 0.25) is 5.91 Å². The molecule has 1 aromatic rings. The Balaban J connectivity index is 1.82. The van der Waals surface area contributed by atoms with Crippen LogP contribution in [-0.2, 0) is 11.2 Å². The molecule has 106 valence electrons. The molecule has 0 radical (unpaired) electrons. The van der Waals surface area contributed by atoms with Crippen molar-refractivity contribution in [1.29, 1.82) is 0 Å². The van der Waals surface area contributed by atoms with E-state index in [9.17, 15) is 4.79 Å². The maximum Gasteiger partial charge on any atom is 0.227 e. The van der Waals surface area contributed by atoms with E-state index in [1.807, 2.05) is 0 Å². The number of halogens is 1. The lowest BCUT2D eigenvalue weighted by atomic mass is 9.77. The maximum atomic E-state index is 12.4. The van der Waals surface area contributed by atoms with Crippen LogP contribution in [0.1, 0.15) is 31.1 Å². The van der Waals surface area contributed by atoms with Crippen molar-refractivity contribution in [3.05, 3.63) is 20.8 Å². The van der Waals surface area contributed by atoms with Crippen molar-refractivity contribution in [2.24, 2.45) is 5.41 Å². The minimum absolute atomic E-state index is 0.186. The first-order chi connectivity index (χ1) is 9.16. The zero-order chi connectivity index (χ0) is 13.7. The van der Waals surface area contributed by atoms with Crippen LogP contribution in [0.25, 0.3) is 0 Å². The zero-order valence-electron chi connectivity index (χ0n) is 11.3. The highest BCUT2D eigenvalue weighted by Gasteiger charge is 2.37. The molecule has 1 amide bonds. The van der Waals surface area contributed by atoms with Crippen molar-refractivity contribution in [1.82, 2.24) is 10.6 Å². The summed E-state index contributed by atoms with van der Waals surface area (Å²) in [5.41, 5.74) is -0.186. The van der Waals surface area contributed by atoms with Gasteiger partial charge < -0.3 is 10.6 Å². The smallest absolute Gasteiger partial charge is 0.227 e. The lowest BCUT2D eigenvalue weighted by molar-refractivity contribution is -0.132. The molecule has 1 aliphatic heterocycles. The van der Waals surface area contributed by atoms with E-state index >= 15 is 0 Å². The van der Waals surface area contributed by atoms with Crippen LogP contribution in [0.2, 0.25) is 0 Å². The van der Waals surface area contributed by atoms with Crippen molar-refractivity contribution in [2.45, 2.75) is 32.6 Å². The number of thiophene rings is 1. The molecular weight excluding hydrogens is 324 g/mol. The molecule has 0 spiro atoms. The fourth-order valence-corrected chi connectivity index (χ4v) is 4.08. The number of hydrogen-bond acceptors (Lipinski definition) is 3. The summed E-state index contributed by atoms with van der Waals surface area (Å²) in [7, 11) is 0. The van der Waals surface area contributed by atoms with Gasteiger partial charge in [-0.05, 0) is 60.3 Å². The Labute approximate surface area is 127 Å². The predicted octanol–water partition coefficient (Wildman–Crippen LogP) is 2.95. The Morgan fingerprint density at radius 3 is 3.00 bits per heavy atom. The summed E-state index contributed by atoms with van der Waals surface area (Å²) in [4.78, 5) is 13.7. The molecule has 2 rings (SSSR count). The summed E-state index contributed by atoms with van der Waals surface area (Å²) in [6.45, 7) is 4.70. The van der Waals surface area contributed by atoms with E-state index in [1.165, 1.54) is 4.88 Å². The Morgan fingerprint density at radius 1 is 1.58 bits per heavy atom. The van der Waals surface area contributed by atoms with Gasteiger partial charge in [0.1, 0.15) is 0 Å². The Hall–Kier alpha value is -0.390. The normalized spacial score (nSPS) is 23.3. The minimum Gasteiger partial charge on any atom is -0.355 e. The second-order valence-electron chi connectivity index (χ2n) is 5.13. The molecule has 2 heterocycles. The molecule has 0 aliphatic carbocycles. The number of rotatable bonds is 5. The van der Waals surface area contributed by atoms with E-state index in [-0.39, 0.29) is 11.3 Å². The van der Waals surface area contributed by atoms with Crippen LogP contribution >= 0.6 is 27.3 Å². The van der Waals surface area contributed by atoms with Gasteiger partial charge in [-0.15, -0.1) is 11.3 Å². The highest BCUT2D eigenvalue weighted by molar-refractivity contribution is 9.11. The summed E-state index contributed by atoms with van der Waals surface area (Å²) in [6.07, 6.45) is 3.93. The molecule has 1 fully saturated rings. The van der Waals surface area contributed by atoms with Gasteiger partial charge in [-0.3, -0.25) is 4.79 Å². The first-order valence-corrected chi connectivity index (χ1v) is 8.50. The highest BCUT2D eigenvalue weighted by Crippen LogP contribution is 2.30. The molecule has 0 aromatic carbocycles. The molecule has 0 bridgehead atoms. The third kappa shape index (κ3) is 3.80. The standard InChI is InChI=1S/C14H21BrN2OS/c1-2-14(7-3-8-16-10-14)13(18)17-9-6-11-4-5-12(15)19-11/h4-5,16H,2-3,6-10H2,1H3,(H,17,18). The van der Waals surface area contributed by atoms with Crippen LogP contribution in [0.4, 0.5) is 0 Å². The van der Waals surface area contributed by atoms with Gasteiger partial charge >= 0.3 is 0 Å². The van der Waals surface area contributed by atoms with Gasteiger partial charge in [-0.25, -0.2) is 0 Å². The molecule has 0 saturated carbocycles. The van der Waals surface area contributed by atoms with Crippen molar-refractivity contribution >= 4 is 33.2 Å². The molecule has 3 nitrogen and oxygen atoms in total. The predicted molar refractivity (Wildman–Crippen MR) is 83.6 cm³/mol. The molecule has 1 unspecified atom stereocenters. The summed E-state index contributed by atoms with van der Waals surface area (Å²) < 4.78 is 1.15. The lowest BCUT2D eigenvalue weighted by Gasteiger charge is -2.35. The molecule has 2 N–H and O–H groups in total. The van der Waals surface area contributed by atoms with Crippen LogP contribution in [0.5, 0.6) is 0 Å². The summed E-state index contributed by atoms with van der Waals surface area (Å²) in [5, 5.41) is 6.47. The highest BCUT2D eigenvalue weighted by atomic mass is 79.9. The maximum absolute atomic E-state index is 12.4. The summed E-state index contributed by atoms with van der Waals surface area (Å²) >= 11 is 5.19. The molecule has 1 aliphatic rings. The third-order valence-electron chi connectivity index (χ3n) is 3.92. The monoisotopic (exact) mass is 344 g/mol. The number of piperidine rings is 1. The Morgan fingerprint density at radius 2 is 2.42 bits per heavy atom. The van der Waals surface area contributed by atoms with Crippen LogP contribution in [0.3, 0.4) is 0 Å². The molecule has 1 saturated heterocycles. The van der Waals surface area contributed by atoms with E-state index < -0.39 is 0 Å². The first kappa shape index (κ1) is 15.0. The molecule has 5 heteroatoms. The number of nitrogens with one attached hydrogen (secondary N) is 2. The Bertz CT molecular complexity index is 427. The lowest BCUT2D eigenvalue weighted by Crippen LogP contribution is -2.50. The van der Waals surface area contributed by atoms with E-state index in [2.05, 4.69) is 45.6 Å². The van der Waals surface area contributed by atoms with Gasteiger partial charge in [0.15, 0.2) is 0 Å². The number of hydrogen-bond donors (Lipinski definition) is 2. The second kappa shape index (κ2) is 6.86. The zero-order valence-corrected chi connectivity index (χ0v) is 13.7. The average molecular weight is 345 g/mol. The number of carbonyl (C=O) groups excluding carboxylic acids is 1. The molecule has 19 heavy (non-hydrogen) atoms. The van der Waals surface area contributed by atoms with E-state index in [0.717, 1.165) is 49.1 Å². The quantitative estimate of drug-likeness (QED) is 0.862. The molecule has 1 aromatic heterocycles. The van der Waals surface area contributed by atoms with Crippen LogP contribution < -0.4 is 10.6 Å². The fourth-order valence-electron chi connectivity index (χ4n) is 2.60. The topological polar surface area (TPSA) is 41.1 Å². The van der Waals surface area contributed by atoms with E-state index in [4.69, 9.17) is 0 Å². The largest absolute Gasteiger partial charge is 0.355 e. The summed E-state index contributed by atoms with van der Waals surface area (Å²) in [5.74, 6) is 0.220. The fraction of sp³-hybridized carbons (Fsp3) is 0.643. The van der Waals surface area contributed by atoms with Gasteiger partial charge in [0, 0.05) is 18.0 Å². The van der Waals surface area contributed by atoms with Crippen molar-refractivity contribution in [2.75, 3.05) is 19.6 Å². The first-order valence-electron chi connectivity index (χ1n) is 6.89. The van der Waals surface area contributed by atoms with Gasteiger partial charge in [-0.2, -0.15) is 0 Å². The van der Waals surface area contributed by atoms with Gasteiger partial charge in [0.25, 0.3) is 0 Å². The van der Waals surface area contributed by atoms with Gasteiger partial charge in [-0.1, -0.05) is 6.92 Å². The molecule has 1 atom stereocenters. The van der Waals surface area contributed by atoms with Gasteiger partial charge in [0.05, 0.1) is 9.20 Å². The number of amides is 1. The van der Waals surface area contributed by atoms with Crippen molar-refractivity contribution in [3.8, 4) is 0 Å². The van der Waals surface area contributed by atoms with Crippen LogP contribution in [-0.4, -0.2) is 25.5 Å². The second-order valence-corrected chi connectivity index (χ2v) is 7.67. The average Bonchev–Trinajstić information content (AvgIpc) is 2.85. The van der Waals surface area contributed by atoms with Crippen molar-refractivity contribution < 1.29 is 4.79 Å². The van der Waals surface area contributed by atoms with Crippen molar-refractivity contribution in [3.63, 3.8) is 0 Å². The van der Waals surface area contributed by atoms with Crippen LogP contribution in [0.15, 0.2) is 15.9 Å². The minimum atomic E-state index is -0.186. The van der Waals surface area contributed by atoms with Crippen LogP contribution in [0, 0.1) is 5.41 Å². The third-order valence-corrected chi connectivity index (χ3v) is 5.60. The number of carbonyl (C=O) groups is 1. The SMILES string of the molecule is CCC1(C(=O)NCCc2ccc(Br)s2)CCCNC1.